The molecule has 0 aromatic rings. The Morgan fingerprint density at radius 3 is 2.14 bits per heavy atom. The summed E-state index contributed by atoms with van der Waals surface area (Å²) in [6, 6.07) is 0. The fourth-order valence-corrected chi connectivity index (χ4v) is 0.842. The van der Waals surface area contributed by atoms with Crippen LogP contribution in [-0.2, 0) is 4.74 Å². The molecule has 7 heavy (non-hydrogen) atoms. The first-order valence-electron chi connectivity index (χ1n) is 1.58. The van der Waals surface area contributed by atoms with Crippen molar-refractivity contribution in [2.24, 2.45) is 0 Å². The molecule has 0 aliphatic carbocycles. The Labute approximate surface area is 70.1 Å². The van der Waals surface area contributed by atoms with Gasteiger partial charge in [0.25, 0.3) is 0 Å². The van der Waals surface area contributed by atoms with Crippen molar-refractivity contribution >= 4 is 58.9 Å². The van der Waals surface area contributed by atoms with E-state index in [1.54, 1.807) is 0 Å². The van der Waals surface area contributed by atoms with Crippen molar-refractivity contribution in [1.29, 1.82) is 0 Å². The van der Waals surface area contributed by atoms with Crippen molar-refractivity contribution in [2.75, 3.05) is 0 Å². The van der Waals surface area contributed by atoms with E-state index in [9.17, 15) is 4.79 Å². The molecule has 0 radical (unpaired) electrons. The lowest BCUT2D eigenvalue weighted by Crippen LogP contribution is -2.02. The number of alkyl halides is 2. The summed E-state index contributed by atoms with van der Waals surface area (Å²) >= 11 is 4.00. The first-order valence-corrected chi connectivity index (χ1v) is 4.07. The van der Waals surface area contributed by atoms with Crippen molar-refractivity contribution < 1.29 is 9.53 Å². The molecule has 0 rings (SSSR count). The Kier molecular flexibility index (Phi) is 4.49. The largest absolute Gasteiger partial charge is 0.450 e. The molecule has 0 unspecified atom stereocenters. The van der Waals surface area contributed by atoms with E-state index in [2.05, 4.69) is 4.74 Å². The third-order valence-corrected chi connectivity index (χ3v) is 0.764. The number of halogens is 2. The lowest BCUT2D eigenvalue weighted by atomic mass is 10.2. The quantitative estimate of drug-likeness (QED) is 0.407. The van der Waals surface area contributed by atoms with Gasteiger partial charge >= 0.3 is 0 Å². The fourth-order valence-electron chi connectivity index (χ4n) is 0.125. The van der Waals surface area contributed by atoms with Gasteiger partial charge in [-0.3, -0.25) is 4.79 Å². The minimum Gasteiger partial charge on any atom is -0.450 e. The molecule has 0 saturated heterocycles. The van der Waals surface area contributed by atoms with Gasteiger partial charge in [0.2, 0.25) is 15.8 Å². The van der Waals surface area contributed by atoms with E-state index in [1.807, 2.05) is 45.2 Å². The van der Waals surface area contributed by atoms with Gasteiger partial charge in [-0.25, -0.2) is 0 Å². The number of hydrogen-bond acceptors (Lipinski definition) is 2. The summed E-state index contributed by atoms with van der Waals surface area (Å²) in [4.78, 5) is 10.0. The van der Waals surface area contributed by atoms with Crippen LogP contribution < -0.4 is 0 Å². The van der Waals surface area contributed by atoms with Crippen LogP contribution in [0.25, 0.3) is 0 Å². The summed E-state index contributed by atoms with van der Waals surface area (Å²) in [5.74, 6) is -0.228. The van der Waals surface area contributed by atoms with E-state index in [-0.39, 0.29) is 7.99 Å². The molecule has 0 atom stereocenters. The van der Waals surface area contributed by atoms with Gasteiger partial charge in [-0.05, 0) is 45.2 Å². The maximum atomic E-state index is 10.0. The molecule has 0 fully saturated rings. The third-order valence-electron chi connectivity index (χ3n) is 0.255. The van der Waals surface area contributed by atoms with Gasteiger partial charge in [-0.1, -0.05) is 0 Å². The molecule has 2 nitrogen and oxygen atoms in total. The molecule has 0 aromatic heterocycles. The Balaban J connectivity index is 3.13. The van der Waals surface area contributed by atoms with Crippen molar-refractivity contribution in [3.63, 3.8) is 0 Å². The summed E-state index contributed by atoms with van der Waals surface area (Å²) in [5, 5.41) is 0. The van der Waals surface area contributed by atoms with Gasteiger partial charge in [0.15, 0.2) is 0 Å². The summed E-state index contributed by atoms with van der Waals surface area (Å²) < 4.78 is 4.55. The zero-order chi connectivity index (χ0) is 5.86. The molecule has 0 amide bonds. The van der Waals surface area contributed by atoms with Crippen molar-refractivity contribution in [3.8, 4) is 0 Å². The highest BCUT2D eigenvalue weighted by Crippen LogP contribution is 2.10. The van der Waals surface area contributed by atoms with E-state index in [0.717, 1.165) is 0 Å². The monoisotopic (exact) mass is 324 g/mol. The number of hydrogen-bond donors (Lipinski definition) is 0. The Morgan fingerprint density at radius 1 is 1.71 bits per heavy atom. The molecule has 5 heteroatoms. The van der Waals surface area contributed by atoms with E-state index < -0.39 is 0 Å². The molecule has 0 bridgehead atoms. The van der Waals surface area contributed by atoms with Gasteiger partial charge in [0, 0.05) is 0 Å². The maximum Gasteiger partial charge on any atom is 0.244 e. The van der Waals surface area contributed by atoms with Crippen molar-refractivity contribution in [2.45, 2.75) is 2.12 Å². The number of carbonyl (C=O) groups is 1. The second-order valence-electron chi connectivity index (χ2n) is 0.870. The smallest absolute Gasteiger partial charge is 0.244 e. The summed E-state index contributed by atoms with van der Waals surface area (Å²) in [7, 11) is 1.39. The average Bonchev–Trinajstić information content (AvgIpc) is 1.27. The van der Waals surface area contributed by atoms with Gasteiger partial charge in [-0.15, -0.1) is 0 Å². The Hall–Kier alpha value is 0.995. The van der Waals surface area contributed by atoms with Crippen molar-refractivity contribution in [3.05, 3.63) is 0 Å². The highest BCUT2D eigenvalue weighted by atomic mass is 127. The van der Waals surface area contributed by atoms with Crippen LogP contribution in [0.1, 0.15) is 0 Å². The molecular weight excluding hydrogens is 321 g/mol. The molecule has 0 aliphatic heterocycles. The summed E-state index contributed by atoms with van der Waals surface area (Å²) in [5.41, 5.74) is 0. The van der Waals surface area contributed by atoms with Crippen LogP contribution in [0.5, 0.6) is 0 Å². The summed E-state index contributed by atoms with van der Waals surface area (Å²) in [6.07, 6.45) is 0. The minimum absolute atomic E-state index is 0.0345. The molecule has 0 spiro atoms. The topological polar surface area (TPSA) is 26.3 Å². The lowest BCUT2D eigenvalue weighted by molar-refractivity contribution is 0.192. The second kappa shape index (κ2) is 3.93. The fraction of sp³-hybridized carbons (Fsp3) is 0.500. The van der Waals surface area contributed by atoms with Gasteiger partial charge < -0.3 is 4.74 Å². The molecule has 0 N–H and O–H groups in total. The van der Waals surface area contributed by atoms with Crippen LogP contribution in [0.15, 0.2) is 0 Å². The van der Waals surface area contributed by atoms with Crippen LogP contribution in [0, 0.1) is 0 Å². The van der Waals surface area contributed by atoms with Crippen LogP contribution in [0.4, 0.5) is 4.79 Å². The van der Waals surface area contributed by atoms with Crippen LogP contribution in [0.3, 0.4) is 0 Å². The second-order valence-corrected chi connectivity index (χ2v) is 5.52. The standard InChI is InChI=1S/C2H3BI2O2/c3-1(6)7-2(4)5/h2H,3H2. The molecular formula is C2H3BI2O2. The zero-order valence-corrected chi connectivity index (χ0v) is 7.96. The molecule has 0 aromatic carbocycles. The number of ether oxygens (including phenoxy) is 1. The normalized spacial score (nSPS) is 9.00. The van der Waals surface area contributed by atoms with E-state index in [4.69, 9.17) is 0 Å². The van der Waals surface area contributed by atoms with Crippen LogP contribution >= 0.6 is 45.2 Å². The first kappa shape index (κ1) is 7.99. The van der Waals surface area contributed by atoms with Crippen LogP contribution in [0.2, 0.25) is 0 Å². The summed E-state index contributed by atoms with van der Waals surface area (Å²) in [6.45, 7) is 0. The number of rotatable bonds is 1. The lowest BCUT2D eigenvalue weighted by Gasteiger charge is -1.98. The average molecular weight is 324 g/mol. The highest BCUT2D eigenvalue weighted by Gasteiger charge is 1.97. The Morgan fingerprint density at radius 2 is 2.14 bits per heavy atom. The molecule has 40 valence electrons. The van der Waals surface area contributed by atoms with Crippen LogP contribution in [-0.4, -0.2) is 15.8 Å². The Bertz CT molecular complexity index is 74.1. The van der Waals surface area contributed by atoms with Gasteiger partial charge in [0.1, 0.15) is 0 Å². The predicted molar refractivity (Wildman–Crippen MR) is 46.9 cm³/mol. The SMILES string of the molecule is BC(=O)OC(I)I. The maximum absolute atomic E-state index is 10.0. The van der Waals surface area contributed by atoms with E-state index in [0.29, 0.717) is 0 Å². The van der Waals surface area contributed by atoms with Gasteiger partial charge in [0.05, 0.1) is 0 Å². The predicted octanol–water partition coefficient (Wildman–Crippen LogP) is 0.910. The number of carbonyl (C=O) groups excluding carboxylic acids is 1. The molecule has 0 saturated carbocycles. The highest BCUT2D eigenvalue weighted by molar-refractivity contribution is 14.2. The van der Waals surface area contributed by atoms with Gasteiger partial charge in [-0.2, -0.15) is 0 Å². The zero-order valence-electron chi connectivity index (χ0n) is 3.65. The van der Waals surface area contributed by atoms with E-state index >= 15 is 0 Å². The minimum atomic E-state index is -0.228. The third kappa shape index (κ3) is 6.99. The molecule has 0 heterocycles. The van der Waals surface area contributed by atoms with E-state index in [1.165, 1.54) is 7.85 Å². The first-order chi connectivity index (χ1) is 3.13. The molecule has 0 aliphatic rings. The van der Waals surface area contributed by atoms with Crippen molar-refractivity contribution in [1.82, 2.24) is 0 Å².